The Labute approximate surface area is 109 Å². The number of aromatic nitrogens is 1. The standard InChI is InChI=1S/C14H23N3O/c1-3-12(6-9-15)4-5-14(18)17(2)13-7-10-16-11-8-13/h7-8,10-12H,3-6,9,15H2,1-2H3. The lowest BCUT2D eigenvalue weighted by molar-refractivity contribution is -0.118. The number of pyridine rings is 1. The molecule has 0 fully saturated rings. The van der Waals surface area contributed by atoms with Gasteiger partial charge >= 0.3 is 0 Å². The van der Waals surface area contributed by atoms with Gasteiger partial charge in [0.05, 0.1) is 0 Å². The third-order valence-electron chi connectivity index (χ3n) is 3.34. The number of rotatable bonds is 7. The van der Waals surface area contributed by atoms with Crippen molar-refractivity contribution in [3.05, 3.63) is 24.5 Å². The highest BCUT2D eigenvalue weighted by molar-refractivity contribution is 5.92. The molecule has 0 bridgehead atoms. The first kappa shape index (κ1) is 14.6. The molecule has 1 amide bonds. The van der Waals surface area contributed by atoms with Gasteiger partial charge in [-0.1, -0.05) is 13.3 Å². The Morgan fingerprint density at radius 2 is 2.06 bits per heavy atom. The van der Waals surface area contributed by atoms with Crippen molar-refractivity contribution < 1.29 is 4.79 Å². The summed E-state index contributed by atoms with van der Waals surface area (Å²) in [5.41, 5.74) is 6.45. The maximum atomic E-state index is 12.0. The van der Waals surface area contributed by atoms with E-state index in [4.69, 9.17) is 5.73 Å². The summed E-state index contributed by atoms with van der Waals surface area (Å²) in [7, 11) is 1.81. The highest BCUT2D eigenvalue weighted by Crippen LogP contribution is 2.17. The number of nitrogens with zero attached hydrogens (tertiary/aromatic N) is 2. The Bertz CT molecular complexity index is 353. The number of carbonyl (C=O) groups is 1. The molecule has 0 saturated heterocycles. The molecule has 18 heavy (non-hydrogen) atoms. The smallest absolute Gasteiger partial charge is 0.226 e. The Hall–Kier alpha value is -1.42. The lowest BCUT2D eigenvalue weighted by Crippen LogP contribution is -2.26. The first-order valence-corrected chi connectivity index (χ1v) is 6.55. The van der Waals surface area contributed by atoms with E-state index >= 15 is 0 Å². The number of amides is 1. The van der Waals surface area contributed by atoms with Crippen LogP contribution >= 0.6 is 0 Å². The zero-order chi connectivity index (χ0) is 13.4. The van der Waals surface area contributed by atoms with Crippen molar-refractivity contribution >= 4 is 11.6 Å². The van der Waals surface area contributed by atoms with Crippen LogP contribution in [0.1, 0.15) is 32.6 Å². The summed E-state index contributed by atoms with van der Waals surface area (Å²) in [6.45, 7) is 2.85. The third-order valence-corrected chi connectivity index (χ3v) is 3.34. The molecular weight excluding hydrogens is 226 g/mol. The lowest BCUT2D eigenvalue weighted by Gasteiger charge is -2.19. The Morgan fingerprint density at radius 3 is 2.61 bits per heavy atom. The van der Waals surface area contributed by atoms with Crippen LogP contribution in [0.15, 0.2) is 24.5 Å². The van der Waals surface area contributed by atoms with Crippen LogP contribution < -0.4 is 10.6 Å². The lowest BCUT2D eigenvalue weighted by atomic mass is 9.96. The molecule has 4 heteroatoms. The van der Waals surface area contributed by atoms with E-state index in [2.05, 4.69) is 11.9 Å². The fraction of sp³-hybridized carbons (Fsp3) is 0.571. The molecule has 1 unspecified atom stereocenters. The number of nitrogens with two attached hydrogens (primary N) is 1. The van der Waals surface area contributed by atoms with E-state index in [9.17, 15) is 4.79 Å². The molecule has 1 atom stereocenters. The van der Waals surface area contributed by atoms with Gasteiger partial charge in [0.15, 0.2) is 0 Å². The molecular formula is C14H23N3O. The highest BCUT2D eigenvalue weighted by Gasteiger charge is 2.13. The average molecular weight is 249 g/mol. The molecule has 0 aliphatic heterocycles. The summed E-state index contributed by atoms with van der Waals surface area (Å²) in [5.74, 6) is 0.710. The first-order valence-electron chi connectivity index (χ1n) is 6.55. The predicted molar refractivity (Wildman–Crippen MR) is 74.3 cm³/mol. The molecule has 1 rings (SSSR count). The summed E-state index contributed by atoms with van der Waals surface area (Å²) < 4.78 is 0. The highest BCUT2D eigenvalue weighted by atomic mass is 16.2. The quantitative estimate of drug-likeness (QED) is 0.806. The molecule has 0 aliphatic rings. The van der Waals surface area contributed by atoms with E-state index in [-0.39, 0.29) is 5.91 Å². The van der Waals surface area contributed by atoms with Crippen molar-refractivity contribution in [2.75, 3.05) is 18.5 Å². The maximum Gasteiger partial charge on any atom is 0.226 e. The molecule has 0 radical (unpaired) electrons. The summed E-state index contributed by atoms with van der Waals surface area (Å²) in [5, 5.41) is 0. The van der Waals surface area contributed by atoms with Crippen molar-refractivity contribution in [3.8, 4) is 0 Å². The van der Waals surface area contributed by atoms with Gasteiger partial charge in [-0.3, -0.25) is 9.78 Å². The first-order chi connectivity index (χ1) is 8.69. The van der Waals surface area contributed by atoms with Gasteiger partial charge < -0.3 is 10.6 Å². The fourth-order valence-corrected chi connectivity index (χ4v) is 2.00. The average Bonchev–Trinajstić information content (AvgIpc) is 2.43. The van der Waals surface area contributed by atoms with Gasteiger partial charge in [-0.2, -0.15) is 0 Å². The summed E-state index contributed by atoms with van der Waals surface area (Å²) in [6.07, 6.45) is 6.98. The van der Waals surface area contributed by atoms with Gasteiger partial charge in [-0.05, 0) is 37.4 Å². The van der Waals surface area contributed by atoms with Gasteiger partial charge in [0.1, 0.15) is 0 Å². The van der Waals surface area contributed by atoms with E-state index in [1.165, 1.54) is 0 Å². The van der Waals surface area contributed by atoms with Gasteiger partial charge in [0, 0.05) is 31.5 Å². The molecule has 0 saturated carbocycles. The van der Waals surface area contributed by atoms with Crippen LogP contribution in [0.5, 0.6) is 0 Å². The molecule has 0 spiro atoms. The van der Waals surface area contributed by atoms with Crippen LogP contribution in [0.2, 0.25) is 0 Å². The molecule has 0 aliphatic carbocycles. The van der Waals surface area contributed by atoms with Crippen molar-refractivity contribution in [2.45, 2.75) is 32.6 Å². The minimum absolute atomic E-state index is 0.150. The number of hydrogen-bond acceptors (Lipinski definition) is 3. The molecule has 2 N–H and O–H groups in total. The predicted octanol–water partition coefficient (Wildman–Crippen LogP) is 2.20. The van der Waals surface area contributed by atoms with Gasteiger partial charge in [0.25, 0.3) is 0 Å². The Balaban J connectivity index is 2.45. The summed E-state index contributed by atoms with van der Waals surface area (Å²) in [4.78, 5) is 17.7. The zero-order valence-corrected chi connectivity index (χ0v) is 11.3. The molecule has 100 valence electrons. The van der Waals surface area contributed by atoms with Crippen molar-refractivity contribution in [2.24, 2.45) is 11.7 Å². The zero-order valence-electron chi connectivity index (χ0n) is 11.3. The van der Waals surface area contributed by atoms with Crippen LogP contribution in [0.25, 0.3) is 0 Å². The Kier molecular flexibility index (Phi) is 6.36. The van der Waals surface area contributed by atoms with Crippen LogP contribution in [-0.4, -0.2) is 24.5 Å². The fourth-order valence-electron chi connectivity index (χ4n) is 2.00. The second-order valence-corrected chi connectivity index (χ2v) is 4.55. The number of carbonyl (C=O) groups excluding carboxylic acids is 1. The minimum atomic E-state index is 0.150. The second-order valence-electron chi connectivity index (χ2n) is 4.55. The molecule has 0 aromatic carbocycles. The number of hydrogen-bond donors (Lipinski definition) is 1. The molecule has 4 nitrogen and oxygen atoms in total. The van der Waals surface area contributed by atoms with Crippen molar-refractivity contribution in [1.29, 1.82) is 0 Å². The Morgan fingerprint density at radius 1 is 1.39 bits per heavy atom. The van der Waals surface area contributed by atoms with Crippen LogP contribution in [0.4, 0.5) is 5.69 Å². The monoisotopic (exact) mass is 249 g/mol. The van der Waals surface area contributed by atoms with Crippen molar-refractivity contribution in [1.82, 2.24) is 4.98 Å². The van der Waals surface area contributed by atoms with Crippen molar-refractivity contribution in [3.63, 3.8) is 0 Å². The summed E-state index contributed by atoms with van der Waals surface area (Å²) >= 11 is 0. The van der Waals surface area contributed by atoms with E-state index in [1.54, 1.807) is 17.3 Å². The van der Waals surface area contributed by atoms with Gasteiger partial charge in [0.2, 0.25) is 5.91 Å². The normalized spacial score (nSPS) is 12.2. The third kappa shape index (κ3) is 4.45. The van der Waals surface area contributed by atoms with E-state index in [1.807, 2.05) is 19.2 Å². The topological polar surface area (TPSA) is 59.2 Å². The van der Waals surface area contributed by atoms with E-state index < -0.39 is 0 Å². The minimum Gasteiger partial charge on any atom is -0.330 e. The van der Waals surface area contributed by atoms with Gasteiger partial charge in [-0.15, -0.1) is 0 Å². The summed E-state index contributed by atoms with van der Waals surface area (Å²) in [6, 6.07) is 3.68. The number of anilines is 1. The van der Waals surface area contributed by atoms with E-state index in [0.29, 0.717) is 18.9 Å². The largest absolute Gasteiger partial charge is 0.330 e. The maximum absolute atomic E-state index is 12.0. The van der Waals surface area contributed by atoms with Crippen LogP contribution in [-0.2, 0) is 4.79 Å². The molecule has 1 heterocycles. The second kappa shape index (κ2) is 7.82. The molecule has 1 aromatic heterocycles. The van der Waals surface area contributed by atoms with E-state index in [0.717, 1.165) is 24.9 Å². The van der Waals surface area contributed by atoms with Crippen LogP contribution in [0, 0.1) is 5.92 Å². The van der Waals surface area contributed by atoms with Gasteiger partial charge in [-0.25, -0.2) is 0 Å². The molecule has 1 aromatic rings. The SMILES string of the molecule is CCC(CCN)CCC(=O)N(C)c1ccncc1. The van der Waals surface area contributed by atoms with Crippen LogP contribution in [0.3, 0.4) is 0 Å².